The average Bonchev–Trinajstić information content (AvgIpc) is 3.14. The molecule has 1 unspecified atom stereocenters. The molecule has 5 rings (SSSR count). The van der Waals surface area contributed by atoms with E-state index < -0.39 is 0 Å². The van der Waals surface area contributed by atoms with Gasteiger partial charge in [0.25, 0.3) is 0 Å². The van der Waals surface area contributed by atoms with Crippen LogP contribution >= 0.6 is 11.6 Å². The Balaban J connectivity index is 1.50. The van der Waals surface area contributed by atoms with E-state index in [-0.39, 0.29) is 0 Å². The van der Waals surface area contributed by atoms with Gasteiger partial charge in [-0.2, -0.15) is 0 Å². The van der Waals surface area contributed by atoms with Crippen LogP contribution in [-0.2, 0) is 19.5 Å². The number of benzene rings is 3. The number of hydrogen-bond donors (Lipinski definition) is 0. The molecule has 0 radical (unpaired) electrons. The minimum Gasteiger partial charge on any atom is -0.329 e. The maximum Gasteiger partial charge on any atom is 0.0958 e. The van der Waals surface area contributed by atoms with Gasteiger partial charge in [-0.15, -0.1) is 0 Å². The number of imidazole rings is 1. The second kappa shape index (κ2) is 7.42. The lowest BCUT2D eigenvalue weighted by molar-refractivity contribution is 0.159. The molecule has 1 aliphatic heterocycles. The van der Waals surface area contributed by atoms with Gasteiger partial charge in [-0.25, -0.2) is 4.98 Å². The fourth-order valence-corrected chi connectivity index (χ4v) is 4.40. The third-order valence-electron chi connectivity index (χ3n) is 5.72. The van der Waals surface area contributed by atoms with Crippen molar-refractivity contribution in [1.82, 2.24) is 14.5 Å². The number of halogens is 1. The highest BCUT2D eigenvalue weighted by Gasteiger charge is 2.27. The Labute approximate surface area is 170 Å². The summed E-state index contributed by atoms with van der Waals surface area (Å²) >= 11 is 6.08. The molecule has 0 saturated carbocycles. The highest BCUT2D eigenvalue weighted by molar-refractivity contribution is 6.30. The molecule has 0 fully saturated rings. The molecule has 3 nitrogen and oxygen atoms in total. The van der Waals surface area contributed by atoms with Crippen LogP contribution in [0.3, 0.4) is 0 Å². The molecule has 28 heavy (non-hydrogen) atoms. The Morgan fingerprint density at radius 3 is 2.61 bits per heavy atom. The zero-order chi connectivity index (χ0) is 18.9. The Bertz CT molecular complexity index is 1100. The lowest BCUT2D eigenvalue weighted by Gasteiger charge is -2.37. The summed E-state index contributed by atoms with van der Waals surface area (Å²) in [6.07, 6.45) is 3.06. The van der Waals surface area contributed by atoms with Crippen molar-refractivity contribution in [1.29, 1.82) is 0 Å². The van der Waals surface area contributed by atoms with Crippen molar-refractivity contribution in [2.75, 3.05) is 6.54 Å². The monoisotopic (exact) mass is 387 g/mol. The van der Waals surface area contributed by atoms with Gasteiger partial charge in [0.15, 0.2) is 0 Å². The highest BCUT2D eigenvalue weighted by Crippen LogP contribution is 2.33. The molecule has 0 aliphatic carbocycles. The largest absolute Gasteiger partial charge is 0.329 e. The molecular weight excluding hydrogens is 366 g/mol. The molecule has 1 aromatic heterocycles. The van der Waals surface area contributed by atoms with Gasteiger partial charge in [-0.1, -0.05) is 60.1 Å². The highest BCUT2D eigenvalue weighted by atomic mass is 35.5. The SMILES string of the molecule is Clc1ccc(CN2CCc3ccccc3C2Cn2cnc3ccccc32)cc1. The molecule has 1 atom stereocenters. The summed E-state index contributed by atoms with van der Waals surface area (Å²) in [5, 5.41) is 0.786. The van der Waals surface area contributed by atoms with E-state index in [0.717, 1.165) is 36.6 Å². The molecule has 3 aromatic carbocycles. The summed E-state index contributed by atoms with van der Waals surface area (Å²) in [6, 6.07) is 25.8. The molecular formula is C24H22ClN3. The lowest BCUT2D eigenvalue weighted by atomic mass is 9.92. The normalized spacial score (nSPS) is 17.0. The molecule has 0 saturated heterocycles. The van der Waals surface area contributed by atoms with Crippen LogP contribution in [0.2, 0.25) is 5.02 Å². The predicted octanol–water partition coefficient (Wildman–Crippen LogP) is 5.49. The molecule has 0 N–H and O–H groups in total. The Kier molecular flexibility index (Phi) is 4.63. The van der Waals surface area contributed by atoms with Crippen LogP contribution < -0.4 is 0 Å². The fraction of sp³-hybridized carbons (Fsp3) is 0.208. The minimum atomic E-state index is 0.318. The molecule has 4 aromatic rings. The number of aromatic nitrogens is 2. The van der Waals surface area contributed by atoms with E-state index in [1.165, 1.54) is 22.2 Å². The number of rotatable bonds is 4. The second-order valence-corrected chi connectivity index (χ2v) is 7.88. The Morgan fingerprint density at radius 2 is 1.71 bits per heavy atom. The first-order chi connectivity index (χ1) is 13.8. The zero-order valence-corrected chi connectivity index (χ0v) is 16.4. The van der Waals surface area contributed by atoms with Crippen molar-refractivity contribution in [2.24, 2.45) is 0 Å². The molecule has 0 bridgehead atoms. The van der Waals surface area contributed by atoms with Crippen molar-refractivity contribution in [3.8, 4) is 0 Å². The second-order valence-electron chi connectivity index (χ2n) is 7.45. The van der Waals surface area contributed by atoms with Crippen LogP contribution in [0, 0.1) is 0 Å². The van der Waals surface area contributed by atoms with Crippen molar-refractivity contribution in [2.45, 2.75) is 25.6 Å². The first-order valence-corrected chi connectivity index (χ1v) is 10.1. The quantitative estimate of drug-likeness (QED) is 0.461. The number of para-hydroxylation sites is 2. The number of nitrogens with zero attached hydrogens (tertiary/aromatic N) is 3. The summed E-state index contributed by atoms with van der Waals surface area (Å²) in [7, 11) is 0. The van der Waals surface area contributed by atoms with E-state index in [0.29, 0.717) is 6.04 Å². The summed E-state index contributed by atoms with van der Waals surface area (Å²) in [5.74, 6) is 0. The standard InChI is InChI=1S/C24H22ClN3/c25-20-11-9-18(10-12-20)15-27-14-13-19-5-1-2-6-21(19)24(27)16-28-17-26-22-7-3-4-8-23(22)28/h1-12,17,24H,13-16H2. The van der Waals surface area contributed by atoms with Gasteiger partial charge >= 0.3 is 0 Å². The van der Waals surface area contributed by atoms with E-state index in [1.54, 1.807) is 0 Å². The molecule has 140 valence electrons. The zero-order valence-electron chi connectivity index (χ0n) is 15.6. The topological polar surface area (TPSA) is 21.1 Å². The first-order valence-electron chi connectivity index (χ1n) is 9.74. The van der Waals surface area contributed by atoms with Crippen LogP contribution in [0.15, 0.2) is 79.1 Å². The van der Waals surface area contributed by atoms with Gasteiger partial charge in [-0.3, -0.25) is 4.90 Å². The molecule has 0 spiro atoms. The summed E-state index contributed by atoms with van der Waals surface area (Å²) < 4.78 is 2.29. The third-order valence-corrected chi connectivity index (χ3v) is 5.97. The molecule has 1 aliphatic rings. The van der Waals surface area contributed by atoms with Crippen molar-refractivity contribution in [3.63, 3.8) is 0 Å². The average molecular weight is 388 g/mol. The van der Waals surface area contributed by atoms with Gasteiger partial charge in [0, 0.05) is 24.7 Å². The van der Waals surface area contributed by atoms with E-state index in [4.69, 9.17) is 11.6 Å². The Morgan fingerprint density at radius 1 is 0.929 bits per heavy atom. The number of hydrogen-bond acceptors (Lipinski definition) is 2. The molecule has 4 heteroatoms. The van der Waals surface area contributed by atoms with E-state index in [2.05, 4.69) is 69.0 Å². The van der Waals surface area contributed by atoms with Crippen LogP contribution in [0.25, 0.3) is 11.0 Å². The van der Waals surface area contributed by atoms with Crippen molar-refractivity contribution in [3.05, 3.63) is 101 Å². The maximum atomic E-state index is 6.08. The van der Waals surface area contributed by atoms with Crippen molar-refractivity contribution >= 4 is 22.6 Å². The lowest BCUT2D eigenvalue weighted by Crippen LogP contribution is -2.37. The van der Waals surface area contributed by atoms with Gasteiger partial charge < -0.3 is 4.57 Å². The van der Waals surface area contributed by atoms with Gasteiger partial charge in [0.2, 0.25) is 0 Å². The van der Waals surface area contributed by atoms with E-state index >= 15 is 0 Å². The molecule has 0 amide bonds. The van der Waals surface area contributed by atoms with E-state index in [9.17, 15) is 0 Å². The Hall–Kier alpha value is -2.62. The van der Waals surface area contributed by atoms with Gasteiger partial charge in [0.05, 0.1) is 23.4 Å². The first kappa shape index (κ1) is 17.5. The predicted molar refractivity (Wildman–Crippen MR) is 114 cm³/mol. The van der Waals surface area contributed by atoms with Crippen LogP contribution in [-0.4, -0.2) is 21.0 Å². The van der Waals surface area contributed by atoms with Crippen LogP contribution in [0.4, 0.5) is 0 Å². The summed E-state index contributed by atoms with van der Waals surface area (Å²) in [6.45, 7) is 2.87. The van der Waals surface area contributed by atoms with E-state index in [1.807, 2.05) is 24.5 Å². The molecule has 2 heterocycles. The summed E-state index contributed by atoms with van der Waals surface area (Å²) in [5.41, 5.74) is 6.43. The van der Waals surface area contributed by atoms with Crippen molar-refractivity contribution < 1.29 is 0 Å². The van der Waals surface area contributed by atoms with Crippen LogP contribution in [0.5, 0.6) is 0 Å². The summed E-state index contributed by atoms with van der Waals surface area (Å²) in [4.78, 5) is 7.17. The number of fused-ring (bicyclic) bond motifs is 2. The van der Waals surface area contributed by atoms with Gasteiger partial charge in [0.1, 0.15) is 0 Å². The smallest absolute Gasteiger partial charge is 0.0958 e. The fourth-order valence-electron chi connectivity index (χ4n) is 4.27. The third kappa shape index (κ3) is 3.32. The maximum absolute atomic E-state index is 6.08. The van der Waals surface area contributed by atoms with Gasteiger partial charge in [-0.05, 0) is 47.4 Å². The minimum absolute atomic E-state index is 0.318. The van der Waals surface area contributed by atoms with Crippen LogP contribution in [0.1, 0.15) is 22.7 Å².